The number of hydrogen-bond acceptors (Lipinski definition) is 3. The Morgan fingerprint density at radius 2 is 2.06 bits per heavy atom. The van der Waals surface area contributed by atoms with Gasteiger partial charge in [0.15, 0.2) is 0 Å². The quantitative estimate of drug-likeness (QED) is 0.793. The zero-order valence-electron chi connectivity index (χ0n) is 11.1. The first-order valence-corrected chi connectivity index (χ1v) is 6.49. The fourth-order valence-corrected chi connectivity index (χ4v) is 2.11. The molecule has 0 amide bonds. The average molecular weight is 267 g/mol. The molecule has 0 bridgehead atoms. The molecule has 1 unspecified atom stereocenters. The van der Waals surface area contributed by atoms with Gasteiger partial charge in [0.25, 0.3) is 0 Å². The molecule has 0 N–H and O–H groups in total. The summed E-state index contributed by atoms with van der Waals surface area (Å²) < 4.78 is 5.30. The second kappa shape index (κ2) is 7.25. The molecule has 0 aliphatic rings. The molecule has 1 aromatic carbocycles. The van der Waals surface area contributed by atoms with E-state index in [2.05, 4.69) is 24.8 Å². The van der Waals surface area contributed by atoms with Crippen molar-refractivity contribution in [2.45, 2.75) is 19.8 Å². The highest BCUT2D eigenvalue weighted by Crippen LogP contribution is 2.29. The van der Waals surface area contributed by atoms with E-state index < -0.39 is 0 Å². The second-order valence-electron chi connectivity index (χ2n) is 4.05. The highest BCUT2D eigenvalue weighted by atomic mass is 35.5. The van der Waals surface area contributed by atoms with E-state index in [0.717, 1.165) is 24.4 Å². The van der Waals surface area contributed by atoms with E-state index in [1.165, 1.54) is 0 Å². The van der Waals surface area contributed by atoms with Crippen LogP contribution in [-0.4, -0.2) is 31.6 Å². The third-order valence-electron chi connectivity index (χ3n) is 3.06. The molecule has 1 rings (SSSR count). The summed E-state index contributed by atoms with van der Waals surface area (Å²) in [6.45, 7) is 6.73. The van der Waals surface area contributed by atoms with Gasteiger partial charge in [0.05, 0.1) is 19.1 Å². The van der Waals surface area contributed by atoms with Crippen LogP contribution in [-0.2, 0) is 0 Å². The lowest BCUT2D eigenvalue weighted by Crippen LogP contribution is -2.28. The van der Waals surface area contributed by atoms with E-state index in [1.807, 2.05) is 12.1 Å². The standard InChI is InChI=1S/C14H19ClN2O/c1-4-17(5-2)10-11(9-16)13-8-12(15)6-7-14(13)18-3/h6-8,11H,4-5,10H2,1-3H3. The lowest BCUT2D eigenvalue weighted by molar-refractivity contribution is 0.295. The van der Waals surface area contributed by atoms with Gasteiger partial charge >= 0.3 is 0 Å². The minimum atomic E-state index is -0.224. The average Bonchev–Trinajstić information content (AvgIpc) is 2.40. The second-order valence-corrected chi connectivity index (χ2v) is 4.49. The van der Waals surface area contributed by atoms with Gasteiger partial charge in [-0.1, -0.05) is 25.4 Å². The van der Waals surface area contributed by atoms with Crippen LogP contribution in [0.5, 0.6) is 5.75 Å². The molecule has 0 saturated carbocycles. The Morgan fingerprint density at radius 3 is 2.56 bits per heavy atom. The Balaban J connectivity index is 3.01. The number of methoxy groups -OCH3 is 1. The molecule has 0 heterocycles. The third-order valence-corrected chi connectivity index (χ3v) is 3.29. The van der Waals surface area contributed by atoms with E-state index >= 15 is 0 Å². The van der Waals surface area contributed by atoms with Crippen molar-refractivity contribution in [2.75, 3.05) is 26.7 Å². The van der Waals surface area contributed by atoms with Crippen LogP contribution < -0.4 is 4.74 Å². The summed E-state index contributed by atoms with van der Waals surface area (Å²) in [5.41, 5.74) is 0.861. The summed E-state index contributed by atoms with van der Waals surface area (Å²) in [5.74, 6) is 0.497. The number of nitriles is 1. The molecule has 0 aromatic heterocycles. The largest absolute Gasteiger partial charge is 0.496 e. The first-order valence-electron chi connectivity index (χ1n) is 6.11. The van der Waals surface area contributed by atoms with Crippen molar-refractivity contribution in [3.05, 3.63) is 28.8 Å². The van der Waals surface area contributed by atoms with Crippen LogP contribution >= 0.6 is 11.6 Å². The number of benzene rings is 1. The van der Waals surface area contributed by atoms with Crippen molar-refractivity contribution >= 4 is 11.6 Å². The van der Waals surface area contributed by atoms with Crippen LogP contribution in [0.3, 0.4) is 0 Å². The summed E-state index contributed by atoms with van der Waals surface area (Å²) in [7, 11) is 1.61. The van der Waals surface area contributed by atoms with Gasteiger partial charge in [0.1, 0.15) is 5.75 Å². The van der Waals surface area contributed by atoms with Gasteiger partial charge in [-0.2, -0.15) is 5.26 Å². The zero-order chi connectivity index (χ0) is 13.5. The summed E-state index contributed by atoms with van der Waals surface area (Å²) in [4.78, 5) is 2.22. The summed E-state index contributed by atoms with van der Waals surface area (Å²) in [6, 6.07) is 7.74. The topological polar surface area (TPSA) is 36.3 Å². The van der Waals surface area contributed by atoms with Crippen LogP contribution in [0, 0.1) is 11.3 Å². The Kier molecular flexibility index (Phi) is 5.97. The molecule has 4 heteroatoms. The van der Waals surface area contributed by atoms with E-state index in [4.69, 9.17) is 16.3 Å². The van der Waals surface area contributed by atoms with Gasteiger partial charge in [-0.25, -0.2) is 0 Å². The maximum atomic E-state index is 9.35. The van der Waals surface area contributed by atoms with Crippen molar-refractivity contribution in [3.63, 3.8) is 0 Å². The van der Waals surface area contributed by atoms with E-state index in [-0.39, 0.29) is 5.92 Å². The molecule has 0 radical (unpaired) electrons. The third kappa shape index (κ3) is 3.63. The minimum absolute atomic E-state index is 0.224. The lowest BCUT2D eigenvalue weighted by Gasteiger charge is -2.22. The van der Waals surface area contributed by atoms with Gasteiger partial charge in [-0.15, -0.1) is 0 Å². The van der Waals surface area contributed by atoms with Crippen molar-refractivity contribution in [2.24, 2.45) is 0 Å². The van der Waals surface area contributed by atoms with E-state index in [1.54, 1.807) is 13.2 Å². The van der Waals surface area contributed by atoms with Gasteiger partial charge < -0.3 is 9.64 Å². The molecule has 0 aliphatic heterocycles. The number of ether oxygens (including phenoxy) is 1. The lowest BCUT2D eigenvalue weighted by atomic mass is 9.99. The first kappa shape index (κ1) is 14.8. The van der Waals surface area contributed by atoms with Crippen LogP contribution in [0.15, 0.2) is 18.2 Å². The Labute approximate surface area is 114 Å². The van der Waals surface area contributed by atoms with Gasteiger partial charge in [0.2, 0.25) is 0 Å². The highest BCUT2D eigenvalue weighted by Gasteiger charge is 2.18. The van der Waals surface area contributed by atoms with Crippen molar-refractivity contribution in [1.82, 2.24) is 4.90 Å². The molecule has 1 atom stereocenters. The number of rotatable bonds is 6. The van der Waals surface area contributed by atoms with E-state index in [0.29, 0.717) is 11.6 Å². The van der Waals surface area contributed by atoms with Crippen LogP contribution in [0.1, 0.15) is 25.3 Å². The van der Waals surface area contributed by atoms with Gasteiger partial charge in [-0.05, 0) is 31.3 Å². The van der Waals surface area contributed by atoms with Gasteiger partial charge in [-0.3, -0.25) is 0 Å². The highest BCUT2D eigenvalue weighted by molar-refractivity contribution is 6.30. The van der Waals surface area contributed by atoms with Crippen LogP contribution in [0.4, 0.5) is 0 Å². The molecule has 0 spiro atoms. The molecule has 0 aliphatic carbocycles. The summed E-state index contributed by atoms with van der Waals surface area (Å²) >= 11 is 6.00. The predicted molar refractivity (Wildman–Crippen MR) is 74.1 cm³/mol. The molecule has 0 fully saturated rings. The number of hydrogen-bond donors (Lipinski definition) is 0. The fraction of sp³-hybridized carbons (Fsp3) is 0.500. The Hall–Kier alpha value is -1.24. The van der Waals surface area contributed by atoms with Crippen LogP contribution in [0.2, 0.25) is 5.02 Å². The summed E-state index contributed by atoms with van der Waals surface area (Å²) in [6.07, 6.45) is 0. The van der Waals surface area contributed by atoms with Gasteiger partial charge in [0, 0.05) is 17.1 Å². The SMILES string of the molecule is CCN(CC)CC(C#N)c1cc(Cl)ccc1OC. The van der Waals surface area contributed by atoms with Crippen molar-refractivity contribution < 1.29 is 4.74 Å². The van der Waals surface area contributed by atoms with Crippen LogP contribution in [0.25, 0.3) is 0 Å². The Bertz CT molecular complexity index is 424. The Morgan fingerprint density at radius 1 is 1.39 bits per heavy atom. The molecule has 98 valence electrons. The van der Waals surface area contributed by atoms with E-state index in [9.17, 15) is 5.26 Å². The number of halogens is 1. The predicted octanol–water partition coefficient (Wildman–Crippen LogP) is 3.30. The van der Waals surface area contributed by atoms with Crippen molar-refractivity contribution in [3.8, 4) is 11.8 Å². The molecular weight excluding hydrogens is 248 g/mol. The maximum absolute atomic E-state index is 9.35. The number of nitrogens with zero attached hydrogens (tertiary/aromatic N) is 2. The molecule has 1 aromatic rings. The normalized spacial score (nSPS) is 12.2. The molecule has 3 nitrogen and oxygen atoms in total. The molecule has 18 heavy (non-hydrogen) atoms. The van der Waals surface area contributed by atoms with Crippen molar-refractivity contribution in [1.29, 1.82) is 5.26 Å². The zero-order valence-corrected chi connectivity index (χ0v) is 11.9. The maximum Gasteiger partial charge on any atom is 0.123 e. The minimum Gasteiger partial charge on any atom is -0.496 e. The smallest absolute Gasteiger partial charge is 0.123 e. The summed E-state index contributed by atoms with van der Waals surface area (Å²) in [5, 5.41) is 9.99. The number of likely N-dealkylation sites (N-methyl/N-ethyl adjacent to an activating group) is 1. The molecule has 0 saturated heterocycles. The first-order chi connectivity index (χ1) is 8.65. The molecular formula is C14H19ClN2O. The fourth-order valence-electron chi connectivity index (χ4n) is 1.93. The monoisotopic (exact) mass is 266 g/mol.